The van der Waals surface area contributed by atoms with E-state index in [1.165, 1.54) is 11.1 Å². The van der Waals surface area contributed by atoms with Gasteiger partial charge in [0.2, 0.25) is 0 Å². The molecule has 2 aliphatic rings. The molecule has 0 bridgehead atoms. The van der Waals surface area contributed by atoms with E-state index in [2.05, 4.69) is 86.5 Å². The van der Waals surface area contributed by atoms with Crippen molar-refractivity contribution in [2.45, 2.75) is 31.6 Å². The van der Waals surface area contributed by atoms with Crippen molar-refractivity contribution < 1.29 is 4.74 Å². The number of nitrogens with two attached hydrogens (primary N) is 1. The fourth-order valence-electron chi connectivity index (χ4n) is 3.57. The Labute approximate surface area is 145 Å². The highest BCUT2D eigenvalue weighted by molar-refractivity contribution is 5.39. The molecule has 1 aromatic rings. The number of hydrogen-bond donors (Lipinski definition) is 1. The molecule has 0 saturated carbocycles. The minimum Gasteiger partial charge on any atom is -0.363 e. The Kier molecular flexibility index (Phi) is 5.04. The summed E-state index contributed by atoms with van der Waals surface area (Å²) in [7, 11) is 2.14. The lowest BCUT2D eigenvalue weighted by Crippen LogP contribution is -2.37. The molecular weight excluding hydrogens is 296 g/mol. The minimum atomic E-state index is -0.188. The molecule has 1 aromatic carbocycles. The molecule has 3 unspecified atom stereocenters. The summed E-state index contributed by atoms with van der Waals surface area (Å²) in [6.07, 6.45) is 11.4. The molecule has 0 fully saturated rings. The first kappa shape index (κ1) is 17.2. The third-order valence-electron chi connectivity index (χ3n) is 4.76. The van der Waals surface area contributed by atoms with E-state index in [9.17, 15) is 0 Å². The fourth-order valence-corrected chi connectivity index (χ4v) is 3.57. The second-order valence-corrected chi connectivity index (χ2v) is 7.23. The normalized spacial score (nSPS) is 26.1. The lowest BCUT2D eigenvalue weighted by molar-refractivity contribution is -0.0396. The molecule has 24 heavy (non-hydrogen) atoms. The largest absolute Gasteiger partial charge is 0.363 e. The molecular formula is C21H28N2O. The summed E-state index contributed by atoms with van der Waals surface area (Å²) in [5, 5.41) is 0. The Morgan fingerprint density at radius 3 is 2.67 bits per heavy atom. The molecule has 3 nitrogen and oxygen atoms in total. The van der Waals surface area contributed by atoms with Crippen LogP contribution in [0.5, 0.6) is 0 Å². The fraction of sp³-hybridized carbons (Fsp3) is 0.429. The van der Waals surface area contributed by atoms with E-state index in [0.29, 0.717) is 12.5 Å². The van der Waals surface area contributed by atoms with E-state index in [-0.39, 0.29) is 17.7 Å². The maximum atomic E-state index is 6.17. The molecule has 0 aromatic heterocycles. The minimum absolute atomic E-state index is 0.130. The number of hydrogen-bond acceptors (Lipinski definition) is 3. The van der Waals surface area contributed by atoms with Crippen LogP contribution in [0.3, 0.4) is 0 Å². The van der Waals surface area contributed by atoms with Crippen LogP contribution in [0, 0.1) is 5.92 Å². The van der Waals surface area contributed by atoms with E-state index in [1.54, 1.807) is 0 Å². The maximum absolute atomic E-state index is 6.17. The molecule has 0 amide bonds. The van der Waals surface area contributed by atoms with Crippen LogP contribution in [0.1, 0.15) is 25.5 Å². The molecule has 3 atom stereocenters. The van der Waals surface area contributed by atoms with Gasteiger partial charge in [-0.15, -0.1) is 0 Å². The van der Waals surface area contributed by atoms with E-state index < -0.39 is 0 Å². The monoisotopic (exact) mass is 324 g/mol. The molecule has 3 rings (SSSR count). The molecule has 0 radical (unpaired) electrons. The van der Waals surface area contributed by atoms with Crippen molar-refractivity contribution in [1.29, 1.82) is 0 Å². The Bertz CT molecular complexity index is 645. The summed E-state index contributed by atoms with van der Waals surface area (Å²) in [5.74, 6) is 0.301. The molecule has 1 aliphatic carbocycles. The first-order valence-corrected chi connectivity index (χ1v) is 8.72. The predicted octanol–water partition coefficient (Wildman–Crippen LogP) is 3.46. The van der Waals surface area contributed by atoms with Gasteiger partial charge in [-0.3, -0.25) is 4.90 Å². The molecule has 0 spiro atoms. The number of ether oxygens (including phenoxy) is 1. The van der Waals surface area contributed by atoms with E-state index >= 15 is 0 Å². The summed E-state index contributed by atoms with van der Waals surface area (Å²) < 4.78 is 6.17. The van der Waals surface area contributed by atoms with E-state index in [4.69, 9.17) is 10.5 Å². The highest BCUT2D eigenvalue weighted by Crippen LogP contribution is 2.36. The molecule has 0 saturated heterocycles. The van der Waals surface area contributed by atoms with Gasteiger partial charge >= 0.3 is 0 Å². The van der Waals surface area contributed by atoms with Crippen LogP contribution in [-0.2, 0) is 4.74 Å². The zero-order chi connectivity index (χ0) is 17.2. The zero-order valence-corrected chi connectivity index (χ0v) is 14.9. The standard InChI is InChI=1S/C21H28N2O/c1-21(2)12-11-17-15-18(9-10-19(17)24-21)20(23(3)14-13-22)16-7-5-4-6-8-16/h4-12,15,17,19-20H,13-14,22H2,1-3H3. The summed E-state index contributed by atoms with van der Waals surface area (Å²) >= 11 is 0. The van der Waals surface area contributed by atoms with Gasteiger partial charge in [0.1, 0.15) is 0 Å². The molecule has 3 heteroatoms. The molecule has 2 N–H and O–H groups in total. The van der Waals surface area contributed by atoms with Gasteiger partial charge in [-0.1, -0.05) is 60.7 Å². The number of fused-ring (bicyclic) bond motifs is 1. The first-order valence-electron chi connectivity index (χ1n) is 8.72. The Hall–Kier alpha value is -1.68. The van der Waals surface area contributed by atoms with Crippen LogP contribution in [0.2, 0.25) is 0 Å². The average molecular weight is 324 g/mol. The van der Waals surface area contributed by atoms with Crippen LogP contribution in [0.25, 0.3) is 0 Å². The summed E-state index contributed by atoms with van der Waals surface area (Å²) in [5.41, 5.74) is 8.22. The van der Waals surface area contributed by atoms with Crippen molar-refractivity contribution in [3.8, 4) is 0 Å². The Balaban J connectivity index is 1.92. The molecule has 1 heterocycles. The molecule has 128 valence electrons. The van der Waals surface area contributed by atoms with Crippen LogP contribution in [0.15, 0.2) is 66.3 Å². The van der Waals surface area contributed by atoms with Gasteiger partial charge in [0.25, 0.3) is 0 Å². The summed E-state index contributed by atoms with van der Waals surface area (Å²) in [6.45, 7) is 5.72. The van der Waals surface area contributed by atoms with Crippen LogP contribution >= 0.6 is 0 Å². The number of benzene rings is 1. The third-order valence-corrected chi connectivity index (χ3v) is 4.76. The van der Waals surface area contributed by atoms with Crippen molar-refractivity contribution in [2.24, 2.45) is 11.7 Å². The van der Waals surface area contributed by atoms with Crippen molar-refractivity contribution in [3.63, 3.8) is 0 Å². The second-order valence-electron chi connectivity index (χ2n) is 7.23. The van der Waals surface area contributed by atoms with Gasteiger partial charge < -0.3 is 10.5 Å². The van der Waals surface area contributed by atoms with Gasteiger partial charge in [-0.2, -0.15) is 0 Å². The third kappa shape index (κ3) is 3.69. The summed E-state index contributed by atoms with van der Waals surface area (Å²) in [4.78, 5) is 2.32. The lowest BCUT2D eigenvalue weighted by Gasteiger charge is -2.38. The predicted molar refractivity (Wildman–Crippen MR) is 99.7 cm³/mol. The number of rotatable bonds is 5. The SMILES string of the molecule is CN(CCN)C(C1=CC2C=CC(C)(C)OC2C=C1)c1ccccc1. The van der Waals surface area contributed by atoms with Gasteiger partial charge in [-0.25, -0.2) is 0 Å². The van der Waals surface area contributed by atoms with E-state index in [1.807, 2.05) is 0 Å². The van der Waals surface area contributed by atoms with Crippen molar-refractivity contribution in [1.82, 2.24) is 4.90 Å². The van der Waals surface area contributed by atoms with Gasteiger partial charge in [-0.05, 0) is 32.0 Å². The van der Waals surface area contributed by atoms with E-state index in [0.717, 1.165) is 6.54 Å². The maximum Gasteiger partial charge on any atom is 0.0867 e. The van der Waals surface area contributed by atoms with Crippen molar-refractivity contribution in [3.05, 3.63) is 71.8 Å². The van der Waals surface area contributed by atoms with Crippen LogP contribution in [-0.4, -0.2) is 36.7 Å². The van der Waals surface area contributed by atoms with Gasteiger partial charge in [0.15, 0.2) is 0 Å². The second kappa shape index (κ2) is 7.06. The Morgan fingerprint density at radius 2 is 1.96 bits per heavy atom. The number of nitrogens with zero attached hydrogens (tertiary/aromatic N) is 1. The lowest BCUT2D eigenvalue weighted by atomic mass is 9.84. The average Bonchev–Trinajstić information content (AvgIpc) is 2.56. The van der Waals surface area contributed by atoms with Crippen molar-refractivity contribution in [2.75, 3.05) is 20.1 Å². The zero-order valence-electron chi connectivity index (χ0n) is 14.9. The Morgan fingerprint density at radius 1 is 1.21 bits per heavy atom. The van der Waals surface area contributed by atoms with Crippen LogP contribution in [0.4, 0.5) is 0 Å². The highest BCUT2D eigenvalue weighted by Gasteiger charge is 2.32. The molecule has 1 aliphatic heterocycles. The quantitative estimate of drug-likeness (QED) is 0.843. The van der Waals surface area contributed by atoms with Crippen LogP contribution < -0.4 is 5.73 Å². The highest BCUT2D eigenvalue weighted by atomic mass is 16.5. The van der Waals surface area contributed by atoms with Gasteiger partial charge in [0, 0.05) is 19.0 Å². The topological polar surface area (TPSA) is 38.5 Å². The first-order chi connectivity index (χ1) is 11.5. The number of likely N-dealkylation sites (N-methyl/N-ethyl adjacent to an activating group) is 1. The van der Waals surface area contributed by atoms with Crippen molar-refractivity contribution >= 4 is 0 Å². The smallest absolute Gasteiger partial charge is 0.0867 e. The summed E-state index contributed by atoms with van der Waals surface area (Å²) in [6, 6.07) is 10.9. The van der Waals surface area contributed by atoms with Gasteiger partial charge in [0.05, 0.1) is 17.7 Å².